The van der Waals surface area contributed by atoms with Gasteiger partial charge >= 0.3 is 0 Å². The molecule has 6 heteroatoms. The van der Waals surface area contributed by atoms with Crippen LogP contribution in [0, 0.1) is 0 Å². The Bertz CT molecular complexity index is 3520. The van der Waals surface area contributed by atoms with Crippen LogP contribution >= 0.6 is 0 Å². The molecule has 0 saturated carbocycles. The summed E-state index contributed by atoms with van der Waals surface area (Å²) in [6, 6.07) is 58.7. The maximum absolute atomic E-state index is 6.53. The number of para-hydroxylation sites is 5. The molecule has 0 aliphatic heterocycles. The normalized spacial score (nSPS) is 12.0. The fourth-order valence-electron chi connectivity index (χ4n) is 8.32. The van der Waals surface area contributed by atoms with Crippen molar-refractivity contribution in [3.63, 3.8) is 0 Å². The van der Waals surface area contributed by atoms with Gasteiger partial charge in [0.25, 0.3) is 0 Å². The van der Waals surface area contributed by atoms with E-state index in [1.165, 1.54) is 10.8 Å². The molecule has 0 aliphatic carbocycles. The van der Waals surface area contributed by atoms with E-state index in [2.05, 4.69) is 114 Å². The Morgan fingerprint density at radius 1 is 0.382 bits per heavy atom. The number of benzene rings is 8. The van der Waals surface area contributed by atoms with Gasteiger partial charge in [0.15, 0.2) is 17.5 Å². The van der Waals surface area contributed by atoms with E-state index in [1.54, 1.807) is 0 Å². The summed E-state index contributed by atoms with van der Waals surface area (Å²) in [6.07, 6.45) is 0. The molecule has 0 bridgehead atoms. The van der Waals surface area contributed by atoms with Crippen LogP contribution in [0.25, 0.3) is 116 Å². The zero-order valence-electron chi connectivity index (χ0n) is 29.3. The monoisotopic (exact) mass is 704 g/mol. The summed E-state index contributed by atoms with van der Waals surface area (Å²) in [5.74, 6) is 1.67. The first-order valence-electron chi connectivity index (χ1n) is 18.4. The third kappa shape index (κ3) is 4.52. The maximum atomic E-state index is 6.53. The standard InChI is InChI=1S/C49H28N4O2/c1-2-12-30-27-32(25-23-29(30)11-1)53-41-20-6-3-13-33(41)36-16-9-18-38(45(36)53)48-50-47(31-24-26-44-40(28-31)35-15-5-7-21-42(35)54-44)51-49(52-48)39-19-10-17-37-34-14-4-8-22-43(34)55-46(37)39/h1-28H. The Kier molecular flexibility index (Phi) is 6.24. The van der Waals surface area contributed by atoms with E-state index in [9.17, 15) is 0 Å². The van der Waals surface area contributed by atoms with Gasteiger partial charge in [0.1, 0.15) is 22.3 Å². The van der Waals surface area contributed by atoms with Crippen molar-refractivity contribution >= 4 is 76.5 Å². The molecule has 4 aromatic heterocycles. The average Bonchev–Trinajstić information content (AvgIpc) is 3.93. The molecule has 8 aromatic carbocycles. The Balaban J connectivity index is 1.16. The van der Waals surface area contributed by atoms with Gasteiger partial charge in [0, 0.05) is 49.1 Å². The van der Waals surface area contributed by atoms with Crippen molar-refractivity contribution in [3.05, 3.63) is 170 Å². The van der Waals surface area contributed by atoms with Gasteiger partial charge in [-0.15, -0.1) is 0 Å². The second-order valence-corrected chi connectivity index (χ2v) is 14.0. The lowest BCUT2D eigenvalue weighted by Gasteiger charge is -2.13. The number of furan rings is 2. The average molecular weight is 705 g/mol. The van der Waals surface area contributed by atoms with Crippen LogP contribution in [0.3, 0.4) is 0 Å². The summed E-state index contributed by atoms with van der Waals surface area (Å²) in [5.41, 5.74) is 8.99. The fraction of sp³-hybridized carbons (Fsp3) is 0. The van der Waals surface area contributed by atoms with Crippen LogP contribution in [-0.2, 0) is 0 Å². The molecule has 12 aromatic rings. The van der Waals surface area contributed by atoms with Gasteiger partial charge in [-0.25, -0.2) is 15.0 Å². The highest BCUT2D eigenvalue weighted by molar-refractivity contribution is 6.14. The van der Waals surface area contributed by atoms with Crippen LogP contribution < -0.4 is 0 Å². The van der Waals surface area contributed by atoms with Crippen LogP contribution in [0.15, 0.2) is 179 Å². The van der Waals surface area contributed by atoms with Crippen LogP contribution in [0.5, 0.6) is 0 Å². The van der Waals surface area contributed by atoms with Crippen molar-refractivity contribution in [2.24, 2.45) is 0 Å². The first kappa shape index (κ1) is 29.9. The minimum Gasteiger partial charge on any atom is -0.456 e. The molecule has 0 spiro atoms. The summed E-state index contributed by atoms with van der Waals surface area (Å²) >= 11 is 0. The Morgan fingerprint density at radius 3 is 1.85 bits per heavy atom. The van der Waals surface area contributed by atoms with Crippen molar-refractivity contribution in [2.45, 2.75) is 0 Å². The predicted molar refractivity (Wildman–Crippen MR) is 223 cm³/mol. The van der Waals surface area contributed by atoms with Gasteiger partial charge in [-0.2, -0.15) is 0 Å². The summed E-state index contributed by atoms with van der Waals surface area (Å²) in [6.45, 7) is 0. The minimum atomic E-state index is 0.534. The van der Waals surface area contributed by atoms with Gasteiger partial charge in [-0.3, -0.25) is 0 Å². The molecule has 0 N–H and O–H groups in total. The molecule has 0 saturated heterocycles. The van der Waals surface area contributed by atoms with E-state index in [4.69, 9.17) is 23.8 Å². The number of fused-ring (bicyclic) bond motifs is 10. The third-order valence-corrected chi connectivity index (χ3v) is 10.8. The highest BCUT2D eigenvalue weighted by Crippen LogP contribution is 2.40. The van der Waals surface area contributed by atoms with E-state index < -0.39 is 0 Å². The van der Waals surface area contributed by atoms with Crippen LogP contribution in [0.2, 0.25) is 0 Å². The predicted octanol–water partition coefficient (Wildman–Crippen LogP) is 12.9. The van der Waals surface area contributed by atoms with E-state index in [0.29, 0.717) is 17.5 Å². The van der Waals surface area contributed by atoms with Crippen molar-refractivity contribution in [3.8, 4) is 39.9 Å². The lowest BCUT2D eigenvalue weighted by atomic mass is 10.1. The van der Waals surface area contributed by atoms with Gasteiger partial charge in [0.05, 0.1) is 16.6 Å². The number of hydrogen-bond acceptors (Lipinski definition) is 5. The van der Waals surface area contributed by atoms with Gasteiger partial charge in [-0.1, -0.05) is 109 Å². The van der Waals surface area contributed by atoms with Gasteiger partial charge < -0.3 is 13.4 Å². The largest absolute Gasteiger partial charge is 0.456 e. The summed E-state index contributed by atoms with van der Waals surface area (Å²) < 4.78 is 15.1. The summed E-state index contributed by atoms with van der Waals surface area (Å²) in [4.78, 5) is 15.8. The molecule has 0 atom stereocenters. The lowest BCUT2D eigenvalue weighted by Crippen LogP contribution is -2.02. The summed E-state index contributed by atoms with van der Waals surface area (Å²) in [7, 11) is 0. The highest BCUT2D eigenvalue weighted by Gasteiger charge is 2.22. The van der Waals surface area contributed by atoms with E-state index in [0.717, 1.165) is 88.1 Å². The van der Waals surface area contributed by atoms with Crippen LogP contribution in [0.1, 0.15) is 0 Å². The second kappa shape index (κ2) is 11.5. The molecule has 0 aliphatic rings. The SMILES string of the molecule is c1ccc2cc(-n3c4ccccc4c4cccc(-c5nc(-c6ccc7oc8ccccc8c7c6)nc(-c6cccc7c6oc6ccccc67)n5)c43)ccc2c1. The smallest absolute Gasteiger partial charge is 0.167 e. The van der Waals surface area contributed by atoms with E-state index in [1.807, 2.05) is 60.7 Å². The molecular weight excluding hydrogens is 677 g/mol. The Hall–Kier alpha value is -7.57. The van der Waals surface area contributed by atoms with Crippen LogP contribution in [0.4, 0.5) is 0 Å². The zero-order valence-corrected chi connectivity index (χ0v) is 29.3. The molecule has 6 nitrogen and oxygen atoms in total. The molecule has 4 heterocycles. The Labute approximate surface area is 313 Å². The lowest BCUT2D eigenvalue weighted by molar-refractivity contribution is 0.669. The minimum absolute atomic E-state index is 0.534. The fourth-order valence-corrected chi connectivity index (χ4v) is 8.32. The molecule has 0 fully saturated rings. The Morgan fingerprint density at radius 2 is 1.00 bits per heavy atom. The first-order valence-corrected chi connectivity index (χ1v) is 18.4. The van der Waals surface area contributed by atoms with Crippen molar-refractivity contribution in [1.82, 2.24) is 19.5 Å². The van der Waals surface area contributed by atoms with Gasteiger partial charge in [0.2, 0.25) is 0 Å². The van der Waals surface area contributed by atoms with Crippen LogP contribution in [-0.4, -0.2) is 19.5 Å². The molecule has 12 rings (SSSR count). The van der Waals surface area contributed by atoms with Crippen molar-refractivity contribution in [1.29, 1.82) is 0 Å². The molecular formula is C49H28N4O2. The summed E-state index contributed by atoms with van der Waals surface area (Å²) in [5, 5.41) is 8.77. The molecule has 0 unspecified atom stereocenters. The highest BCUT2D eigenvalue weighted by atomic mass is 16.3. The molecule has 256 valence electrons. The maximum Gasteiger partial charge on any atom is 0.167 e. The van der Waals surface area contributed by atoms with Gasteiger partial charge in [-0.05, 0) is 71.4 Å². The first-order chi connectivity index (χ1) is 27.2. The van der Waals surface area contributed by atoms with Crippen molar-refractivity contribution in [2.75, 3.05) is 0 Å². The molecule has 55 heavy (non-hydrogen) atoms. The number of nitrogens with zero attached hydrogens (tertiary/aromatic N) is 4. The topological polar surface area (TPSA) is 69.9 Å². The molecule has 0 radical (unpaired) electrons. The number of aromatic nitrogens is 4. The van der Waals surface area contributed by atoms with E-state index >= 15 is 0 Å². The third-order valence-electron chi connectivity index (χ3n) is 10.8. The quantitative estimate of drug-likeness (QED) is 0.182. The van der Waals surface area contributed by atoms with E-state index in [-0.39, 0.29) is 0 Å². The molecule has 0 amide bonds. The van der Waals surface area contributed by atoms with Crippen molar-refractivity contribution < 1.29 is 8.83 Å². The number of hydrogen-bond donors (Lipinski definition) is 0. The zero-order chi connectivity index (χ0) is 36.0. The second-order valence-electron chi connectivity index (χ2n) is 14.0. The number of rotatable bonds is 4.